The van der Waals surface area contributed by atoms with Crippen LogP contribution in [-0.2, 0) is 18.9 Å². The summed E-state index contributed by atoms with van der Waals surface area (Å²) in [4.78, 5) is 30.0. The van der Waals surface area contributed by atoms with Gasteiger partial charge in [0.1, 0.15) is 0 Å². The van der Waals surface area contributed by atoms with Gasteiger partial charge in [-0.1, -0.05) is 12.1 Å². The summed E-state index contributed by atoms with van der Waals surface area (Å²) in [5.41, 5.74) is 2.09. The molecule has 10 nitrogen and oxygen atoms in total. The van der Waals surface area contributed by atoms with E-state index in [1.165, 1.54) is 0 Å². The number of carbonyl (C=O) groups excluding carboxylic acids is 2. The van der Waals surface area contributed by atoms with Crippen LogP contribution < -0.4 is 0 Å². The number of hydrogen-bond acceptors (Lipinski definition) is 8. The Bertz CT molecular complexity index is 945. The largest absolute Gasteiger partial charge is 0.377 e. The van der Waals surface area contributed by atoms with Gasteiger partial charge < -0.3 is 28.7 Å². The lowest BCUT2D eigenvalue weighted by Gasteiger charge is -2.24. The molecule has 3 aliphatic rings. The first-order valence-corrected chi connectivity index (χ1v) is 12.2. The number of carbonyl (C=O) groups is 2. The van der Waals surface area contributed by atoms with E-state index in [9.17, 15) is 9.59 Å². The average Bonchev–Trinajstić information content (AvgIpc) is 2.91. The first-order chi connectivity index (χ1) is 17.7. The van der Waals surface area contributed by atoms with Crippen molar-refractivity contribution in [1.82, 2.24) is 9.80 Å². The highest BCUT2D eigenvalue weighted by Gasteiger charge is 2.18. The molecular weight excluding hydrogens is 464 g/mol. The maximum Gasteiger partial charge on any atom is 0.254 e. The number of nitrogens with zero attached hydrogens (tertiary/aromatic N) is 4. The zero-order valence-electron chi connectivity index (χ0n) is 20.3. The van der Waals surface area contributed by atoms with Crippen LogP contribution in [0.1, 0.15) is 20.7 Å². The lowest BCUT2D eigenvalue weighted by atomic mass is 10.1. The highest BCUT2D eigenvalue weighted by Crippen LogP contribution is 2.22. The smallest absolute Gasteiger partial charge is 0.254 e. The Morgan fingerprint density at radius 1 is 0.528 bits per heavy atom. The first-order valence-electron chi connectivity index (χ1n) is 12.2. The van der Waals surface area contributed by atoms with Crippen molar-refractivity contribution in [2.75, 3.05) is 79.0 Å². The first kappa shape index (κ1) is 25.9. The fourth-order valence-corrected chi connectivity index (χ4v) is 3.86. The van der Waals surface area contributed by atoms with Crippen molar-refractivity contribution in [3.05, 3.63) is 59.7 Å². The maximum absolute atomic E-state index is 13.3. The monoisotopic (exact) mass is 496 g/mol. The van der Waals surface area contributed by atoms with Gasteiger partial charge in [0.15, 0.2) is 0 Å². The quantitative estimate of drug-likeness (QED) is 0.556. The summed E-state index contributed by atoms with van der Waals surface area (Å²) in [6.45, 7) is 4.74. The van der Waals surface area contributed by atoms with Crippen LogP contribution in [0.15, 0.2) is 58.8 Å². The Hall–Kier alpha value is -3.18. The molecule has 192 valence electrons. The number of fused-ring (bicyclic) bond motifs is 14. The third-order valence-corrected chi connectivity index (χ3v) is 5.81. The summed E-state index contributed by atoms with van der Waals surface area (Å²) in [6.07, 6.45) is 0. The second-order valence-corrected chi connectivity index (χ2v) is 8.33. The molecule has 0 unspecified atom stereocenters. The molecule has 0 aliphatic carbocycles. The second kappa shape index (κ2) is 13.8. The SMILES string of the molecule is O=C1c2cccc(c2)/N=N/c2cccc(c2)C(=O)N2CCOCCOCCN1CCOCCOCC2. The van der Waals surface area contributed by atoms with E-state index in [0.717, 1.165) is 0 Å². The minimum Gasteiger partial charge on any atom is -0.377 e. The molecule has 0 radical (unpaired) electrons. The zero-order chi connectivity index (χ0) is 25.0. The Balaban J connectivity index is 1.67. The van der Waals surface area contributed by atoms with E-state index in [1.54, 1.807) is 58.3 Å². The molecule has 3 aliphatic heterocycles. The molecule has 1 saturated heterocycles. The number of rotatable bonds is 0. The number of hydrogen-bond donors (Lipinski definition) is 0. The third kappa shape index (κ3) is 7.66. The molecule has 0 N–H and O–H groups in total. The van der Waals surface area contributed by atoms with Crippen molar-refractivity contribution in [1.29, 1.82) is 0 Å². The Labute approximate surface area is 210 Å². The minimum absolute atomic E-state index is 0.136. The van der Waals surface area contributed by atoms with Crippen LogP contribution in [0.2, 0.25) is 0 Å². The molecular formula is C26H32N4O6. The van der Waals surface area contributed by atoms with Gasteiger partial charge in [-0.25, -0.2) is 0 Å². The fourth-order valence-electron chi connectivity index (χ4n) is 3.86. The van der Waals surface area contributed by atoms with E-state index in [0.29, 0.717) is 102 Å². The molecule has 0 spiro atoms. The standard InChI is InChI=1S/C26H32N4O6/c31-25-21-3-1-5-23(19-21)27-28-24-6-2-4-22(20-24)26(32)30-9-13-35-17-15-33-11-7-29(25)8-12-34-16-18-36-14-10-30/h1-6,19-20H,7-18H2/b28-27+. The molecule has 2 aromatic carbocycles. The van der Waals surface area contributed by atoms with E-state index in [-0.39, 0.29) is 11.8 Å². The predicted molar refractivity (Wildman–Crippen MR) is 132 cm³/mol. The van der Waals surface area contributed by atoms with Gasteiger partial charge in [-0.2, -0.15) is 10.2 Å². The molecule has 0 saturated carbocycles. The van der Waals surface area contributed by atoms with Crippen LogP contribution in [-0.4, -0.2) is 101 Å². The van der Waals surface area contributed by atoms with Crippen molar-refractivity contribution in [2.24, 2.45) is 10.2 Å². The van der Waals surface area contributed by atoms with Gasteiger partial charge in [0.2, 0.25) is 0 Å². The molecule has 10 heteroatoms. The number of ether oxygens (including phenoxy) is 4. The van der Waals surface area contributed by atoms with Gasteiger partial charge in [-0.05, 0) is 36.4 Å². The van der Waals surface area contributed by atoms with E-state index in [2.05, 4.69) is 10.2 Å². The van der Waals surface area contributed by atoms with Crippen LogP contribution in [0, 0.1) is 0 Å². The van der Waals surface area contributed by atoms with Crippen molar-refractivity contribution in [3.8, 4) is 0 Å². The molecule has 36 heavy (non-hydrogen) atoms. The van der Waals surface area contributed by atoms with Gasteiger partial charge in [-0.3, -0.25) is 9.59 Å². The average molecular weight is 497 g/mol. The highest BCUT2D eigenvalue weighted by atomic mass is 16.5. The summed E-state index contributed by atoms with van der Waals surface area (Å²) in [6, 6.07) is 14.0. The van der Waals surface area contributed by atoms with Crippen LogP contribution >= 0.6 is 0 Å². The van der Waals surface area contributed by atoms with E-state index < -0.39 is 0 Å². The molecule has 6 bridgehead atoms. The van der Waals surface area contributed by atoms with E-state index >= 15 is 0 Å². The van der Waals surface area contributed by atoms with Crippen LogP contribution in [0.5, 0.6) is 0 Å². The van der Waals surface area contributed by atoms with Gasteiger partial charge in [0, 0.05) is 37.3 Å². The summed E-state index contributed by atoms with van der Waals surface area (Å²) < 4.78 is 22.8. The van der Waals surface area contributed by atoms with Gasteiger partial charge in [-0.15, -0.1) is 0 Å². The van der Waals surface area contributed by atoms with E-state index in [1.807, 2.05) is 0 Å². The molecule has 1 fully saturated rings. The molecule has 3 heterocycles. The zero-order valence-corrected chi connectivity index (χ0v) is 20.3. The topological polar surface area (TPSA) is 102 Å². The minimum atomic E-state index is -0.136. The van der Waals surface area contributed by atoms with Crippen molar-refractivity contribution >= 4 is 23.2 Å². The Morgan fingerprint density at radius 2 is 0.889 bits per heavy atom. The lowest BCUT2D eigenvalue weighted by Crippen LogP contribution is -2.38. The summed E-state index contributed by atoms with van der Waals surface area (Å²) in [5.74, 6) is -0.272. The van der Waals surface area contributed by atoms with Gasteiger partial charge in [0.05, 0.1) is 64.2 Å². The Morgan fingerprint density at radius 3 is 1.25 bits per heavy atom. The van der Waals surface area contributed by atoms with Crippen LogP contribution in [0.3, 0.4) is 0 Å². The van der Waals surface area contributed by atoms with Crippen LogP contribution in [0.4, 0.5) is 11.4 Å². The fraction of sp³-hybridized carbons (Fsp3) is 0.462. The van der Waals surface area contributed by atoms with E-state index in [4.69, 9.17) is 18.9 Å². The van der Waals surface area contributed by atoms with Crippen molar-refractivity contribution < 1.29 is 28.5 Å². The molecule has 0 aromatic heterocycles. The van der Waals surface area contributed by atoms with Crippen LogP contribution in [0.25, 0.3) is 0 Å². The van der Waals surface area contributed by atoms with Crippen molar-refractivity contribution in [2.45, 2.75) is 0 Å². The lowest BCUT2D eigenvalue weighted by molar-refractivity contribution is 0.00889. The maximum atomic E-state index is 13.3. The van der Waals surface area contributed by atoms with Gasteiger partial charge >= 0.3 is 0 Å². The molecule has 2 aromatic rings. The highest BCUT2D eigenvalue weighted by molar-refractivity contribution is 5.95. The normalized spacial score (nSPS) is 20.3. The van der Waals surface area contributed by atoms with Gasteiger partial charge in [0.25, 0.3) is 11.8 Å². The number of azo groups is 1. The Kier molecular flexibility index (Phi) is 9.92. The summed E-state index contributed by atoms with van der Waals surface area (Å²) >= 11 is 0. The summed E-state index contributed by atoms with van der Waals surface area (Å²) in [7, 11) is 0. The predicted octanol–water partition coefficient (Wildman–Crippen LogP) is 3.08. The molecule has 2 amide bonds. The molecule has 5 rings (SSSR count). The second-order valence-electron chi connectivity index (χ2n) is 8.33. The molecule has 0 atom stereocenters. The third-order valence-electron chi connectivity index (χ3n) is 5.81. The summed E-state index contributed by atoms with van der Waals surface area (Å²) in [5, 5.41) is 8.61. The van der Waals surface area contributed by atoms with Crippen molar-refractivity contribution in [3.63, 3.8) is 0 Å². The number of benzene rings is 2. The number of amides is 2.